The lowest BCUT2D eigenvalue weighted by molar-refractivity contribution is -0.385. The zero-order valence-electron chi connectivity index (χ0n) is 10.5. The number of nitro groups is 1. The fourth-order valence-corrected chi connectivity index (χ4v) is 1.43. The average molecular weight is 293 g/mol. The van der Waals surface area contributed by atoms with Crippen LogP contribution in [0.1, 0.15) is 21.1 Å². The predicted octanol–water partition coefficient (Wildman–Crippen LogP) is 0.0553. The van der Waals surface area contributed by atoms with Crippen molar-refractivity contribution in [3.63, 3.8) is 0 Å². The molecule has 0 radical (unpaired) electrons. The molecule has 0 aromatic carbocycles. The molecule has 0 saturated carbocycles. The van der Waals surface area contributed by atoms with Gasteiger partial charge in [0, 0.05) is 12.3 Å². The van der Waals surface area contributed by atoms with Gasteiger partial charge in [-0.25, -0.2) is 24.2 Å². The third-order valence-corrected chi connectivity index (χ3v) is 2.34. The standard InChI is InChI=1S/C10H7N5O6/c1-21-10(18)8-11-3-2-6(12-8)14-4-5(15(19)20)7(13-14)9(16)17/h2-4H,1H3,(H,16,17). The Morgan fingerprint density at radius 1 is 1.48 bits per heavy atom. The summed E-state index contributed by atoms with van der Waals surface area (Å²) in [7, 11) is 1.14. The van der Waals surface area contributed by atoms with Crippen LogP contribution in [0.4, 0.5) is 5.69 Å². The zero-order valence-corrected chi connectivity index (χ0v) is 10.5. The highest BCUT2D eigenvalue weighted by molar-refractivity contribution is 5.90. The van der Waals surface area contributed by atoms with Crippen LogP contribution in [0.15, 0.2) is 18.5 Å². The maximum absolute atomic E-state index is 11.3. The third-order valence-electron chi connectivity index (χ3n) is 2.34. The summed E-state index contributed by atoms with van der Waals surface area (Å²) in [5.41, 5.74) is -1.43. The number of nitrogens with zero attached hydrogens (tertiary/aromatic N) is 5. The molecule has 2 aromatic heterocycles. The molecule has 0 aliphatic carbocycles. The van der Waals surface area contributed by atoms with Crippen LogP contribution in [0.2, 0.25) is 0 Å². The summed E-state index contributed by atoms with van der Waals surface area (Å²) in [5, 5.41) is 23.2. The molecule has 1 N–H and O–H groups in total. The Hall–Kier alpha value is -3.37. The molecule has 2 heterocycles. The van der Waals surface area contributed by atoms with E-state index in [1.54, 1.807) is 0 Å². The van der Waals surface area contributed by atoms with Gasteiger partial charge >= 0.3 is 17.6 Å². The molecule has 0 saturated heterocycles. The number of carboxylic acid groups (broad SMARTS) is 1. The Balaban J connectivity index is 2.52. The number of hydrogen-bond donors (Lipinski definition) is 1. The molecule has 108 valence electrons. The molecule has 11 heteroatoms. The fraction of sp³-hybridized carbons (Fsp3) is 0.100. The van der Waals surface area contributed by atoms with Gasteiger partial charge in [0.05, 0.1) is 12.0 Å². The molecule has 2 rings (SSSR count). The van der Waals surface area contributed by atoms with Crippen molar-refractivity contribution in [2.45, 2.75) is 0 Å². The van der Waals surface area contributed by atoms with Crippen LogP contribution in [0.3, 0.4) is 0 Å². The van der Waals surface area contributed by atoms with Crippen molar-refractivity contribution >= 4 is 17.6 Å². The first-order chi connectivity index (χ1) is 9.93. The minimum atomic E-state index is -1.55. The Morgan fingerprint density at radius 2 is 2.19 bits per heavy atom. The molecule has 0 unspecified atom stereocenters. The number of ether oxygens (including phenoxy) is 1. The number of aromatic nitrogens is 4. The molecule has 0 aliphatic rings. The monoisotopic (exact) mass is 293 g/mol. The lowest BCUT2D eigenvalue weighted by Crippen LogP contribution is -2.10. The minimum Gasteiger partial charge on any atom is -0.476 e. The number of carbonyl (C=O) groups excluding carboxylic acids is 1. The van der Waals surface area contributed by atoms with Crippen LogP contribution >= 0.6 is 0 Å². The zero-order chi connectivity index (χ0) is 15.6. The highest BCUT2D eigenvalue weighted by Crippen LogP contribution is 2.18. The smallest absolute Gasteiger partial charge is 0.376 e. The maximum atomic E-state index is 11.3. The Labute approximate surface area is 116 Å². The van der Waals surface area contributed by atoms with E-state index in [4.69, 9.17) is 5.11 Å². The van der Waals surface area contributed by atoms with Gasteiger partial charge in [0.15, 0.2) is 5.82 Å². The van der Waals surface area contributed by atoms with Gasteiger partial charge < -0.3 is 9.84 Å². The largest absolute Gasteiger partial charge is 0.476 e. The highest BCUT2D eigenvalue weighted by atomic mass is 16.6. The molecule has 0 atom stereocenters. The first kappa shape index (κ1) is 14.0. The van der Waals surface area contributed by atoms with E-state index in [0.29, 0.717) is 0 Å². The molecule has 0 amide bonds. The van der Waals surface area contributed by atoms with Gasteiger partial charge in [-0.3, -0.25) is 10.1 Å². The van der Waals surface area contributed by atoms with Crippen LogP contribution < -0.4 is 0 Å². The number of rotatable bonds is 4. The molecule has 0 aliphatic heterocycles. The van der Waals surface area contributed by atoms with Crippen LogP contribution in [0.5, 0.6) is 0 Å². The first-order valence-electron chi connectivity index (χ1n) is 5.33. The summed E-state index contributed by atoms with van der Waals surface area (Å²) >= 11 is 0. The van der Waals surface area contributed by atoms with Crippen molar-refractivity contribution in [2.24, 2.45) is 0 Å². The van der Waals surface area contributed by atoms with Crippen molar-refractivity contribution in [1.82, 2.24) is 19.7 Å². The van der Waals surface area contributed by atoms with Gasteiger partial charge in [-0.05, 0) is 0 Å². The van der Waals surface area contributed by atoms with E-state index in [2.05, 4.69) is 19.8 Å². The SMILES string of the molecule is COC(=O)c1nccc(-n2cc([N+](=O)[O-])c(C(=O)O)n2)n1. The topological polar surface area (TPSA) is 150 Å². The minimum absolute atomic E-state index is 0.0130. The van der Waals surface area contributed by atoms with Crippen LogP contribution in [0, 0.1) is 10.1 Å². The highest BCUT2D eigenvalue weighted by Gasteiger charge is 2.26. The second-order valence-corrected chi connectivity index (χ2v) is 3.60. The quantitative estimate of drug-likeness (QED) is 0.468. The van der Waals surface area contributed by atoms with Gasteiger partial charge in [-0.2, -0.15) is 5.10 Å². The van der Waals surface area contributed by atoms with E-state index in [-0.39, 0.29) is 11.6 Å². The van der Waals surface area contributed by atoms with Crippen LogP contribution in [0.25, 0.3) is 5.82 Å². The number of carbonyl (C=O) groups is 2. The first-order valence-corrected chi connectivity index (χ1v) is 5.33. The van der Waals surface area contributed by atoms with Gasteiger partial charge in [0.2, 0.25) is 11.5 Å². The summed E-state index contributed by atoms with van der Waals surface area (Å²) < 4.78 is 5.31. The summed E-state index contributed by atoms with van der Waals surface area (Å²) in [4.78, 5) is 39.6. The molecule has 11 nitrogen and oxygen atoms in total. The van der Waals surface area contributed by atoms with Gasteiger partial charge in [-0.15, -0.1) is 0 Å². The maximum Gasteiger partial charge on any atom is 0.376 e. The molecular weight excluding hydrogens is 286 g/mol. The Morgan fingerprint density at radius 3 is 2.71 bits per heavy atom. The van der Waals surface area contributed by atoms with E-state index < -0.39 is 28.2 Å². The second kappa shape index (κ2) is 5.32. The molecule has 21 heavy (non-hydrogen) atoms. The lowest BCUT2D eigenvalue weighted by Gasteiger charge is -2.01. The normalized spacial score (nSPS) is 10.1. The summed E-state index contributed by atoms with van der Waals surface area (Å²) in [6.45, 7) is 0. The van der Waals surface area contributed by atoms with E-state index in [0.717, 1.165) is 18.0 Å². The number of hydrogen-bond acceptors (Lipinski definition) is 8. The van der Waals surface area contributed by atoms with E-state index >= 15 is 0 Å². The fourth-order valence-electron chi connectivity index (χ4n) is 1.43. The average Bonchev–Trinajstić information content (AvgIpc) is 2.92. The summed E-state index contributed by atoms with van der Waals surface area (Å²) in [6.07, 6.45) is 2.09. The number of methoxy groups -OCH3 is 1. The van der Waals surface area contributed by atoms with Crippen LogP contribution in [-0.2, 0) is 4.74 Å². The number of aromatic carboxylic acids is 1. The Bertz CT molecular complexity index is 708. The van der Waals surface area contributed by atoms with Gasteiger partial charge in [0.25, 0.3) is 0 Å². The number of carboxylic acids is 1. The summed E-state index contributed by atoms with van der Waals surface area (Å²) in [6, 6.07) is 1.30. The second-order valence-electron chi connectivity index (χ2n) is 3.60. The van der Waals surface area contributed by atoms with Crippen LogP contribution in [-0.4, -0.2) is 48.8 Å². The molecular formula is C10H7N5O6. The Kier molecular flexibility index (Phi) is 3.56. The molecule has 0 spiro atoms. The van der Waals surface area contributed by atoms with E-state index in [9.17, 15) is 19.7 Å². The van der Waals surface area contributed by atoms with Crippen molar-refractivity contribution in [3.05, 3.63) is 40.1 Å². The summed E-state index contributed by atoms with van der Waals surface area (Å²) in [5.74, 6) is -2.66. The van der Waals surface area contributed by atoms with Crippen molar-refractivity contribution in [1.29, 1.82) is 0 Å². The molecule has 0 fully saturated rings. The van der Waals surface area contributed by atoms with Crippen molar-refractivity contribution in [2.75, 3.05) is 7.11 Å². The predicted molar refractivity (Wildman–Crippen MR) is 64.1 cm³/mol. The van der Waals surface area contributed by atoms with Crippen molar-refractivity contribution in [3.8, 4) is 5.82 Å². The van der Waals surface area contributed by atoms with E-state index in [1.165, 1.54) is 12.3 Å². The number of esters is 1. The van der Waals surface area contributed by atoms with E-state index in [1.807, 2.05) is 0 Å². The van der Waals surface area contributed by atoms with Crippen molar-refractivity contribution < 1.29 is 24.4 Å². The van der Waals surface area contributed by atoms with Gasteiger partial charge in [-0.1, -0.05) is 0 Å². The molecule has 0 bridgehead atoms. The third kappa shape index (κ3) is 2.65. The van der Waals surface area contributed by atoms with Gasteiger partial charge in [0.1, 0.15) is 6.20 Å². The molecule has 2 aromatic rings. The lowest BCUT2D eigenvalue weighted by atomic mass is 10.4.